The number of hydrogen-bond acceptors (Lipinski definition) is 3. The van der Waals surface area contributed by atoms with Crippen molar-refractivity contribution >= 4 is 5.82 Å². The van der Waals surface area contributed by atoms with Gasteiger partial charge in [0.15, 0.2) is 0 Å². The zero-order valence-corrected chi connectivity index (χ0v) is 8.66. The number of H-pyrrole nitrogens is 1. The van der Waals surface area contributed by atoms with Crippen LogP contribution in [0.15, 0.2) is 6.07 Å². The van der Waals surface area contributed by atoms with Gasteiger partial charge in [-0.25, -0.2) is 0 Å². The van der Waals surface area contributed by atoms with Crippen LogP contribution in [-0.2, 0) is 6.42 Å². The Morgan fingerprint density at radius 2 is 2.29 bits per heavy atom. The second-order valence-corrected chi connectivity index (χ2v) is 4.27. The molecule has 0 radical (unpaired) electrons. The van der Waals surface area contributed by atoms with Crippen molar-refractivity contribution < 1.29 is 0 Å². The number of nitrogens with zero attached hydrogens (tertiary/aromatic N) is 2. The van der Waals surface area contributed by atoms with Gasteiger partial charge in [-0.1, -0.05) is 0 Å². The Morgan fingerprint density at radius 3 is 2.86 bits per heavy atom. The highest BCUT2D eigenvalue weighted by Crippen LogP contribution is 2.20. The fourth-order valence-electron chi connectivity index (χ4n) is 2.06. The van der Waals surface area contributed by atoms with Crippen LogP contribution in [-0.4, -0.2) is 35.2 Å². The molecule has 4 heteroatoms. The van der Waals surface area contributed by atoms with E-state index in [1.165, 1.54) is 31.6 Å². The molecule has 0 atom stereocenters. The van der Waals surface area contributed by atoms with E-state index in [9.17, 15) is 0 Å². The number of nitrogen functional groups attached to an aromatic ring is 1. The highest BCUT2D eigenvalue weighted by molar-refractivity contribution is 5.28. The van der Waals surface area contributed by atoms with Gasteiger partial charge in [0.05, 0.1) is 0 Å². The monoisotopic (exact) mass is 194 g/mol. The number of aromatic amines is 1. The van der Waals surface area contributed by atoms with Gasteiger partial charge in [-0.3, -0.25) is 5.10 Å². The van der Waals surface area contributed by atoms with E-state index < -0.39 is 0 Å². The topological polar surface area (TPSA) is 57.9 Å². The zero-order valence-electron chi connectivity index (χ0n) is 8.66. The van der Waals surface area contributed by atoms with Crippen LogP contribution in [0, 0.1) is 5.92 Å². The number of anilines is 1. The third-order valence-corrected chi connectivity index (χ3v) is 3.00. The first-order valence-electron chi connectivity index (χ1n) is 5.22. The lowest BCUT2D eigenvalue weighted by molar-refractivity contribution is 0.218. The summed E-state index contributed by atoms with van der Waals surface area (Å²) < 4.78 is 0. The molecule has 0 bridgehead atoms. The van der Waals surface area contributed by atoms with Gasteiger partial charge < -0.3 is 10.6 Å². The minimum atomic E-state index is 0.605. The van der Waals surface area contributed by atoms with Gasteiger partial charge in [0, 0.05) is 11.8 Å². The predicted molar refractivity (Wildman–Crippen MR) is 56.9 cm³/mol. The van der Waals surface area contributed by atoms with Crippen LogP contribution in [0.1, 0.15) is 18.5 Å². The molecule has 3 N–H and O–H groups in total. The number of nitrogens with one attached hydrogen (secondary N) is 1. The maximum absolute atomic E-state index is 5.56. The summed E-state index contributed by atoms with van der Waals surface area (Å²) >= 11 is 0. The quantitative estimate of drug-likeness (QED) is 0.734. The van der Waals surface area contributed by atoms with Crippen LogP contribution in [0.4, 0.5) is 5.82 Å². The number of likely N-dealkylation sites (tertiary alicyclic amines) is 1. The second kappa shape index (κ2) is 4.00. The zero-order chi connectivity index (χ0) is 9.97. The van der Waals surface area contributed by atoms with Crippen LogP contribution in [0.5, 0.6) is 0 Å². The standard InChI is InChI=1S/C10H18N4/c1-14-4-2-8(3-5-14)6-9-7-10(11)13-12-9/h7-8H,2-6H2,1H3,(H3,11,12,13). The SMILES string of the molecule is CN1CCC(Cc2cc(N)n[nH]2)CC1. The van der Waals surface area contributed by atoms with Gasteiger partial charge in [-0.05, 0) is 45.3 Å². The Hall–Kier alpha value is -1.03. The van der Waals surface area contributed by atoms with Gasteiger partial charge in [-0.2, -0.15) is 5.10 Å². The molecule has 1 aromatic rings. The summed E-state index contributed by atoms with van der Waals surface area (Å²) in [4.78, 5) is 2.39. The summed E-state index contributed by atoms with van der Waals surface area (Å²) in [6, 6.07) is 1.94. The number of rotatable bonds is 2. The largest absolute Gasteiger partial charge is 0.382 e. The average molecular weight is 194 g/mol. The summed E-state index contributed by atoms with van der Waals surface area (Å²) in [6.45, 7) is 2.43. The van der Waals surface area contributed by atoms with E-state index in [1.54, 1.807) is 0 Å². The van der Waals surface area contributed by atoms with Crippen LogP contribution < -0.4 is 5.73 Å². The molecule has 14 heavy (non-hydrogen) atoms. The lowest BCUT2D eigenvalue weighted by Crippen LogP contribution is -2.30. The van der Waals surface area contributed by atoms with Crippen molar-refractivity contribution in [1.82, 2.24) is 15.1 Å². The second-order valence-electron chi connectivity index (χ2n) is 4.27. The van der Waals surface area contributed by atoms with Gasteiger partial charge >= 0.3 is 0 Å². The molecular weight excluding hydrogens is 176 g/mol. The lowest BCUT2D eigenvalue weighted by Gasteiger charge is -2.28. The van der Waals surface area contributed by atoms with Crippen molar-refractivity contribution in [1.29, 1.82) is 0 Å². The smallest absolute Gasteiger partial charge is 0.145 e. The first-order chi connectivity index (χ1) is 6.74. The van der Waals surface area contributed by atoms with Gasteiger partial charge in [0.1, 0.15) is 5.82 Å². The van der Waals surface area contributed by atoms with Crippen molar-refractivity contribution in [2.24, 2.45) is 5.92 Å². The van der Waals surface area contributed by atoms with Gasteiger partial charge in [0.2, 0.25) is 0 Å². The average Bonchev–Trinajstić information content (AvgIpc) is 2.56. The normalized spacial score (nSPS) is 20.1. The fourth-order valence-corrected chi connectivity index (χ4v) is 2.06. The summed E-state index contributed by atoms with van der Waals surface area (Å²) in [6.07, 6.45) is 3.67. The molecule has 78 valence electrons. The molecule has 1 aliphatic heterocycles. The Kier molecular flexibility index (Phi) is 2.72. The lowest BCUT2D eigenvalue weighted by atomic mass is 9.92. The number of nitrogens with two attached hydrogens (primary N) is 1. The van der Waals surface area contributed by atoms with Crippen LogP contribution in [0.25, 0.3) is 0 Å². The van der Waals surface area contributed by atoms with Crippen molar-refractivity contribution in [2.75, 3.05) is 25.9 Å². The third-order valence-electron chi connectivity index (χ3n) is 3.00. The first-order valence-corrected chi connectivity index (χ1v) is 5.22. The maximum atomic E-state index is 5.56. The molecule has 0 spiro atoms. The van der Waals surface area contributed by atoms with E-state index in [0.717, 1.165) is 12.3 Å². The van der Waals surface area contributed by atoms with E-state index in [2.05, 4.69) is 22.1 Å². The third kappa shape index (κ3) is 2.26. The summed E-state index contributed by atoms with van der Waals surface area (Å²) in [5.41, 5.74) is 6.73. The molecular formula is C10H18N4. The van der Waals surface area contributed by atoms with Crippen molar-refractivity contribution in [3.8, 4) is 0 Å². The van der Waals surface area contributed by atoms with E-state index in [0.29, 0.717) is 5.82 Å². The van der Waals surface area contributed by atoms with Crippen LogP contribution >= 0.6 is 0 Å². The minimum absolute atomic E-state index is 0.605. The maximum Gasteiger partial charge on any atom is 0.145 e. The van der Waals surface area contributed by atoms with Crippen molar-refractivity contribution in [3.05, 3.63) is 11.8 Å². The molecule has 0 aromatic carbocycles. The molecule has 0 amide bonds. The first kappa shape index (κ1) is 9.52. The highest BCUT2D eigenvalue weighted by Gasteiger charge is 2.17. The summed E-state index contributed by atoms with van der Waals surface area (Å²) in [7, 11) is 2.18. The molecule has 2 rings (SSSR count). The van der Waals surface area contributed by atoms with E-state index in [4.69, 9.17) is 5.73 Å². The van der Waals surface area contributed by atoms with E-state index in [1.807, 2.05) is 6.07 Å². The van der Waals surface area contributed by atoms with Gasteiger partial charge in [-0.15, -0.1) is 0 Å². The fraction of sp³-hybridized carbons (Fsp3) is 0.700. The Bertz CT molecular complexity index is 286. The molecule has 1 saturated heterocycles. The van der Waals surface area contributed by atoms with Crippen molar-refractivity contribution in [2.45, 2.75) is 19.3 Å². The minimum Gasteiger partial charge on any atom is -0.382 e. The number of hydrogen-bond donors (Lipinski definition) is 2. The highest BCUT2D eigenvalue weighted by atomic mass is 15.2. The van der Waals surface area contributed by atoms with Crippen molar-refractivity contribution in [3.63, 3.8) is 0 Å². The van der Waals surface area contributed by atoms with Crippen LogP contribution in [0.2, 0.25) is 0 Å². The molecule has 4 nitrogen and oxygen atoms in total. The molecule has 2 heterocycles. The molecule has 1 aliphatic rings. The molecule has 0 unspecified atom stereocenters. The molecule has 0 aliphatic carbocycles. The number of piperidine rings is 1. The molecule has 1 fully saturated rings. The van der Waals surface area contributed by atoms with E-state index >= 15 is 0 Å². The Morgan fingerprint density at radius 1 is 1.57 bits per heavy atom. The Labute approximate surface area is 84.5 Å². The van der Waals surface area contributed by atoms with Gasteiger partial charge in [0.25, 0.3) is 0 Å². The Balaban J connectivity index is 1.86. The molecule has 0 saturated carbocycles. The van der Waals surface area contributed by atoms with Crippen LogP contribution in [0.3, 0.4) is 0 Å². The summed E-state index contributed by atoms with van der Waals surface area (Å²) in [5.74, 6) is 1.40. The predicted octanol–water partition coefficient (Wildman–Crippen LogP) is 0.876. The van der Waals surface area contributed by atoms with E-state index in [-0.39, 0.29) is 0 Å². The summed E-state index contributed by atoms with van der Waals surface area (Å²) in [5, 5.41) is 6.91. The molecule has 1 aromatic heterocycles. The number of aromatic nitrogens is 2.